The summed E-state index contributed by atoms with van der Waals surface area (Å²) in [6.07, 6.45) is 1.61. The zero-order valence-corrected chi connectivity index (χ0v) is 16.0. The molecule has 0 atom stereocenters. The van der Waals surface area contributed by atoms with Crippen LogP contribution in [-0.4, -0.2) is 17.9 Å². The number of carbonyl (C=O) groups is 1. The van der Waals surface area contributed by atoms with Gasteiger partial charge >= 0.3 is 0 Å². The lowest BCUT2D eigenvalue weighted by Gasteiger charge is -2.12. The van der Waals surface area contributed by atoms with Crippen LogP contribution in [0, 0.1) is 0 Å². The molecule has 0 fully saturated rings. The van der Waals surface area contributed by atoms with E-state index in [2.05, 4.69) is 59.1 Å². The van der Waals surface area contributed by atoms with Crippen LogP contribution in [0.5, 0.6) is 0 Å². The molecular formula is C22H17ClN2OS. The first-order valence-corrected chi connectivity index (χ1v) is 10.0. The van der Waals surface area contributed by atoms with Gasteiger partial charge in [-0.1, -0.05) is 72.3 Å². The van der Waals surface area contributed by atoms with E-state index in [0.29, 0.717) is 10.8 Å². The van der Waals surface area contributed by atoms with E-state index in [1.54, 1.807) is 30.1 Å². The van der Waals surface area contributed by atoms with Crippen molar-refractivity contribution in [3.63, 3.8) is 0 Å². The van der Waals surface area contributed by atoms with Gasteiger partial charge in [0.15, 0.2) is 0 Å². The molecule has 3 nitrogen and oxygen atoms in total. The van der Waals surface area contributed by atoms with Crippen LogP contribution in [0.2, 0.25) is 5.02 Å². The van der Waals surface area contributed by atoms with E-state index in [4.69, 9.17) is 11.6 Å². The SMILES string of the molecule is O=C(CSC1c2ccccc2-c2ccccc21)NN=Cc1ccc(Cl)cc1. The lowest BCUT2D eigenvalue weighted by atomic mass is 10.1. The summed E-state index contributed by atoms with van der Waals surface area (Å²) >= 11 is 7.48. The van der Waals surface area contributed by atoms with E-state index in [-0.39, 0.29) is 11.2 Å². The zero-order chi connectivity index (χ0) is 18.6. The van der Waals surface area contributed by atoms with Gasteiger partial charge in [-0.2, -0.15) is 5.10 Å². The standard InChI is InChI=1S/C22H17ClN2OS/c23-16-11-9-15(10-12-16)13-24-25-21(26)14-27-22-19-7-3-1-5-17(19)18-6-2-4-8-20(18)22/h1-13,22H,14H2,(H,25,26). The van der Waals surface area contributed by atoms with Crippen molar-refractivity contribution in [1.82, 2.24) is 5.43 Å². The molecule has 1 aliphatic rings. The average molecular weight is 393 g/mol. The van der Waals surface area contributed by atoms with Gasteiger partial charge in [-0.25, -0.2) is 5.43 Å². The third-order valence-electron chi connectivity index (χ3n) is 4.43. The van der Waals surface area contributed by atoms with E-state index < -0.39 is 0 Å². The van der Waals surface area contributed by atoms with Crippen LogP contribution >= 0.6 is 23.4 Å². The van der Waals surface area contributed by atoms with Crippen molar-refractivity contribution in [3.8, 4) is 11.1 Å². The zero-order valence-electron chi connectivity index (χ0n) is 14.4. The van der Waals surface area contributed by atoms with Crippen molar-refractivity contribution >= 4 is 35.5 Å². The van der Waals surface area contributed by atoms with Crippen molar-refractivity contribution in [2.45, 2.75) is 5.25 Å². The number of benzene rings is 3. The number of nitrogens with one attached hydrogen (secondary N) is 1. The number of nitrogens with zero attached hydrogens (tertiary/aromatic N) is 1. The Morgan fingerprint density at radius 3 is 2.19 bits per heavy atom. The third kappa shape index (κ3) is 3.92. The molecule has 0 saturated heterocycles. The number of carbonyl (C=O) groups excluding carboxylic acids is 1. The first-order valence-electron chi connectivity index (χ1n) is 8.59. The number of thioether (sulfide) groups is 1. The maximum Gasteiger partial charge on any atom is 0.250 e. The molecule has 0 unspecified atom stereocenters. The largest absolute Gasteiger partial charge is 0.272 e. The first-order chi connectivity index (χ1) is 13.2. The van der Waals surface area contributed by atoms with Gasteiger partial charge in [0.25, 0.3) is 0 Å². The van der Waals surface area contributed by atoms with Crippen molar-refractivity contribution in [1.29, 1.82) is 0 Å². The Morgan fingerprint density at radius 1 is 0.963 bits per heavy atom. The molecule has 5 heteroatoms. The van der Waals surface area contributed by atoms with E-state index in [1.165, 1.54) is 22.3 Å². The highest BCUT2D eigenvalue weighted by Crippen LogP contribution is 2.49. The summed E-state index contributed by atoms with van der Waals surface area (Å²) in [5.41, 5.74) is 8.52. The van der Waals surface area contributed by atoms with Gasteiger partial charge in [-0.15, -0.1) is 11.8 Å². The van der Waals surface area contributed by atoms with Crippen molar-refractivity contribution in [2.24, 2.45) is 5.10 Å². The molecule has 1 amide bonds. The summed E-state index contributed by atoms with van der Waals surface area (Å²) in [6.45, 7) is 0. The van der Waals surface area contributed by atoms with Crippen molar-refractivity contribution in [2.75, 3.05) is 5.75 Å². The van der Waals surface area contributed by atoms with Gasteiger partial charge < -0.3 is 0 Å². The first kappa shape index (κ1) is 17.8. The number of amides is 1. The normalized spacial score (nSPS) is 12.8. The van der Waals surface area contributed by atoms with Gasteiger partial charge in [0.05, 0.1) is 17.2 Å². The number of halogens is 1. The maximum atomic E-state index is 12.2. The predicted molar refractivity (Wildman–Crippen MR) is 113 cm³/mol. The van der Waals surface area contributed by atoms with Crippen LogP contribution in [0.4, 0.5) is 0 Å². The number of hydrogen-bond donors (Lipinski definition) is 1. The third-order valence-corrected chi connectivity index (χ3v) is 5.95. The summed E-state index contributed by atoms with van der Waals surface area (Å²) < 4.78 is 0. The van der Waals surface area contributed by atoms with Crippen molar-refractivity contribution < 1.29 is 4.79 Å². The lowest BCUT2D eigenvalue weighted by molar-refractivity contribution is -0.118. The van der Waals surface area contributed by atoms with Crippen LogP contribution in [0.15, 0.2) is 77.9 Å². The Hall–Kier alpha value is -2.56. The lowest BCUT2D eigenvalue weighted by Crippen LogP contribution is -2.20. The molecule has 0 radical (unpaired) electrons. The second-order valence-corrected chi connectivity index (χ2v) is 7.74. The molecule has 0 aliphatic heterocycles. The number of hydrogen-bond acceptors (Lipinski definition) is 3. The molecule has 0 heterocycles. The van der Waals surface area contributed by atoms with Crippen LogP contribution in [0.3, 0.4) is 0 Å². The Kier molecular flexibility index (Phi) is 5.28. The van der Waals surface area contributed by atoms with E-state index >= 15 is 0 Å². The fourth-order valence-electron chi connectivity index (χ4n) is 3.21. The Labute approximate surface area is 167 Å². The monoisotopic (exact) mass is 392 g/mol. The molecule has 1 aliphatic carbocycles. The molecule has 0 spiro atoms. The summed E-state index contributed by atoms with van der Waals surface area (Å²) in [5, 5.41) is 4.86. The van der Waals surface area contributed by atoms with Crippen LogP contribution < -0.4 is 5.43 Å². The highest BCUT2D eigenvalue weighted by Gasteiger charge is 2.28. The van der Waals surface area contributed by atoms with Gasteiger partial charge in [-0.05, 0) is 39.9 Å². The summed E-state index contributed by atoms with van der Waals surface area (Å²) in [6, 6.07) is 24.1. The molecule has 1 N–H and O–H groups in total. The highest BCUT2D eigenvalue weighted by molar-refractivity contribution is 8.00. The van der Waals surface area contributed by atoms with Crippen LogP contribution in [0.1, 0.15) is 21.9 Å². The Bertz CT molecular complexity index is 956. The van der Waals surface area contributed by atoms with Crippen molar-refractivity contribution in [3.05, 3.63) is 94.5 Å². The van der Waals surface area contributed by atoms with Gasteiger partial charge in [0, 0.05) is 5.02 Å². The highest BCUT2D eigenvalue weighted by atomic mass is 35.5. The second-order valence-electron chi connectivity index (χ2n) is 6.21. The topological polar surface area (TPSA) is 41.5 Å². The van der Waals surface area contributed by atoms with Crippen LogP contribution in [0.25, 0.3) is 11.1 Å². The molecule has 4 rings (SSSR count). The molecule has 0 aromatic heterocycles. The smallest absolute Gasteiger partial charge is 0.250 e. The van der Waals surface area contributed by atoms with Gasteiger partial charge in [0.1, 0.15) is 0 Å². The molecule has 3 aromatic carbocycles. The molecular weight excluding hydrogens is 376 g/mol. The maximum absolute atomic E-state index is 12.2. The number of rotatable bonds is 5. The molecule has 0 saturated carbocycles. The Morgan fingerprint density at radius 2 is 1.56 bits per heavy atom. The summed E-state index contributed by atoms with van der Waals surface area (Å²) in [4.78, 5) is 12.2. The average Bonchev–Trinajstić information content (AvgIpc) is 3.02. The quantitative estimate of drug-likeness (QED) is 0.473. The van der Waals surface area contributed by atoms with Gasteiger partial charge in [0.2, 0.25) is 5.91 Å². The minimum atomic E-state index is -0.118. The minimum absolute atomic E-state index is 0.118. The number of hydrazone groups is 1. The van der Waals surface area contributed by atoms with E-state index in [1.807, 2.05) is 12.1 Å². The Balaban J connectivity index is 1.40. The fourth-order valence-corrected chi connectivity index (χ4v) is 4.49. The minimum Gasteiger partial charge on any atom is -0.272 e. The summed E-state index contributed by atoms with van der Waals surface area (Å²) in [7, 11) is 0. The molecule has 3 aromatic rings. The summed E-state index contributed by atoms with van der Waals surface area (Å²) in [5.74, 6) is 0.220. The second kappa shape index (κ2) is 7.99. The molecule has 134 valence electrons. The van der Waals surface area contributed by atoms with E-state index in [9.17, 15) is 4.79 Å². The molecule has 0 bridgehead atoms. The number of fused-ring (bicyclic) bond motifs is 3. The van der Waals surface area contributed by atoms with E-state index in [0.717, 1.165) is 5.56 Å². The van der Waals surface area contributed by atoms with Gasteiger partial charge in [-0.3, -0.25) is 4.79 Å². The van der Waals surface area contributed by atoms with Crippen LogP contribution in [-0.2, 0) is 4.79 Å². The predicted octanol–water partition coefficient (Wildman–Crippen LogP) is 5.29. The molecule has 27 heavy (non-hydrogen) atoms. The fraction of sp³-hybridized carbons (Fsp3) is 0.0909.